The van der Waals surface area contributed by atoms with Crippen LogP contribution in [0.2, 0.25) is 0 Å². The van der Waals surface area contributed by atoms with E-state index in [9.17, 15) is 37.3 Å². The molecule has 0 saturated carbocycles. The number of urea groups is 1. The van der Waals surface area contributed by atoms with Gasteiger partial charge in [0.25, 0.3) is 0 Å². The Hall–Kier alpha value is -3.78. The fraction of sp³-hybridized carbons (Fsp3) is 0.182. The molecule has 33 heavy (non-hydrogen) atoms. The minimum absolute atomic E-state index is 0.0888. The molecule has 2 N–H and O–H groups in total. The number of carboxylic acids is 1. The van der Waals surface area contributed by atoms with Crippen molar-refractivity contribution >= 4 is 33.1 Å². The quantitative estimate of drug-likeness (QED) is 0.649. The molecule has 2 atom stereocenters. The van der Waals surface area contributed by atoms with E-state index in [1.165, 1.54) is 37.4 Å². The summed E-state index contributed by atoms with van der Waals surface area (Å²) in [7, 11) is -2.94. The van der Waals surface area contributed by atoms with Crippen molar-refractivity contribution in [3.8, 4) is 6.07 Å². The number of rotatable bonds is 4. The molecule has 0 spiro atoms. The molecule has 0 aliphatic carbocycles. The van der Waals surface area contributed by atoms with E-state index in [1.807, 2.05) is 6.07 Å². The number of benzene rings is 2. The van der Waals surface area contributed by atoms with Crippen LogP contribution in [-0.4, -0.2) is 33.4 Å². The number of nitrogens with one attached hydrogen (secondary N) is 1. The smallest absolute Gasteiger partial charge is 0.416 e. The van der Waals surface area contributed by atoms with Gasteiger partial charge in [0, 0.05) is 16.8 Å². The van der Waals surface area contributed by atoms with Gasteiger partial charge in [0.1, 0.15) is 0 Å². The van der Waals surface area contributed by atoms with Gasteiger partial charge in [0.2, 0.25) is 0 Å². The number of nitrogens with zero attached hydrogens (tertiary/aromatic N) is 2. The van der Waals surface area contributed by atoms with Crippen LogP contribution in [0.25, 0.3) is 0 Å². The van der Waals surface area contributed by atoms with Gasteiger partial charge >= 0.3 is 18.2 Å². The molecule has 3 rings (SSSR count). The molecular formula is C22H18F3N3O4S. The lowest BCUT2D eigenvalue weighted by Crippen LogP contribution is -2.48. The lowest BCUT2D eigenvalue weighted by Gasteiger charge is -2.35. The Morgan fingerprint density at radius 2 is 1.94 bits per heavy atom. The number of carbonyl (C=O) groups excluding carboxylic acids is 1. The van der Waals surface area contributed by atoms with Crippen molar-refractivity contribution in [3.63, 3.8) is 0 Å². The van der Waals surface area contributed by atoms with Gasteiger partial charge in [-0.15, -0.1) is 0 Å². The SMILES string of the molecule is C=S(C)(=O)c1cc(C#N)ccc1[C@H]1NC(=O)N(c2cccc(C(F)(F)F)c2)C(C)=C1C(=O)O. The number of amides is 2. The normalized spacial score (nSPS) is 18.4. The van der Waals surface area contributed by atoms with E-state index in [0.717, 1.165) is 23.1 Å². The zero-order valence-corrected chi connectivity index (χ0v) is 18.3. The Balaban J connectivity index is 2.23. The standard InChI is InChI=1S/C22H18F3N3O4S/c1-12-18(20(29)30)19(16-8-7-13(11-26)9-17(16)33(2,3)32)27-21(31)28(12)15-6-4-5-14(10-15)22(23,24)25/h4-10,19H,2H2,1,3H3,(H,27,31)(H,29,30)/t19-,33?/m1/s1. The van der Waals surface area contributed by atoms with Gasteiger partial charge in [-0.3, -0.25) is 9.11 Å². The molecule has 2 aromatic rings. The van der Waals surface area contributed by atoms with Crippen LogP contribution in [0.5, 0.6) is 0 Å². The second-order valence-corrected chi connectivity index (χ2v) is 9.89. The largest absolute Gasteiger partial charge is 0.478 e. The highest BCUT2D eigenvalue weighted by Gasteiger charge is 2.39. The second kappa shape index (κ2) is 8.29. The Kier molecular flexibility index (Phi) is 6.00. The Bertz CT molecular complexity index is 1340. The van der Waals surface area contributed by atoms with Crippen LogP contribution in [-0.2, 0) is 20.5 Å². The third-order valence-electron chi connectivity index (χ3n) is 5.07. The summed E-state index contributed by atoms with van der Waals surface area (Å²) >= 11 is 0. The summed E-state index contributed by atoms with van der Waals surface area (Å²) < 4.78 is 52.2. The molecule has 1 aliphatic heterocycles. The van der Waals surface area contributed by atoms with Crippen LogP contribution in [0, 0.1) is 11.3 Å². The maximum absolute atomic E-state index is 13.2. The maximum atomic E-state index is 13.2. The van der Waals surface area contributed by atoms with Gasteiger partial charge in [0.15, 0.2) is 0 Å². The van der Waals surface area contributed by atoms with Gasteiger partial charge in [-0.1, -0.05) is 12.1 Å². The molecule has 2 aromatic carbocycles. The van der Waals surface area contributed by atoms with Crippen LogP contribution in [0.1, 0.15) is 29.7 Å². The van der Waals surface area contributed by atoms with E-state index in [4.69, 9.17) is 0 Å². The van der Waals surface area contributed by atoms with Crippen LogP contribution < -0.4 is 10.2 Å². The van der Waals surface area contributed by atoms with Crippen molar-refractivity contribution in [1.82, 2.24) is 5.32 Å². The van der Waals surface area contributed by atoms with E-state index in [0.29, 0.717) is 0 Å². The predicted molar refractivity (Wildman–Crippen MR) is 116 cm³/mol. The molecule has 0 fully saturated rings. The summed E-state index contributed by atoms with van der Waals surface area (Å²) in [6.45, 7) is 1.30. The van der Waals surface area contributed by atoms with Crippen molar-refractivity contribution in [3.05, 3.63) is 70.4 Å². The monoisotopic (exact) mass is 477 g/mol. The van der Waals surface area contributed by atoms with E-state index in [-0.39, 0.29) is 33.0 Å². The Morgan fingerprint density at radius 1 is 1.27 bits per heavy atom. The zero-order chi connectivity index (χ0) is 24.7. The highest BCUT2D eigenvalue weighted by atomic mass is 32.2. The Morgan fingerprint density at radius 3 is 2.48 bits per heavy atom. The minimum Gasteiger partial charge on any atom is -0.478 e. The average molecular weight is 477 g/mol. The van der Waals surface area contributed by atoms with Crippen molar-refractivity contribution in [2.24, 2.45) is 0 Å². The number of carboxylic acid groups (broad SMARTS) is 1. The van der Waals surface area contributed by atoms with Gasteiger partial charge in [0.05, 0.1) is 34.5 Å². The highest BCUT2D eigenvalue weighted by Crippen LogP contribution is 2.38. The first-order valence-corrected chi connectivity index (χ1v) is 11.5. The minimum atomic E-state index is -4.66. The summed E-state index contributed by atoms with van der Waals surface area (Å²) in [6, 6.07) is 7.75. The summed E-state index contributed by atoms with van der Waals surface area (Å²) in [6.07, 6.45) is -3.35. The van der Waals surface area contributed by atoms with E-state index in [2.05, 4.69) is 11.2 Å². The molecule has 0 aromatic heterocycles. The molecule has 11 heteroatoms. The fourth-order valence-electron chi connectivity index (χ4n) is 3.60. The van der Waals surface area contributed by atoms with Crippen LogP contribution in [0.15, 0.2) is 58.6 Å². The van der Waals surface area contributed by atoms with Crippen LogP contribution in [0.3, 0.4) is 0 Å². The Labute approximate surface area is 187 Å². The molecule has 1 unspecified atom stereocenters. The lowest BCUT2D eigenvalue weighted by molar-refractivity contribution is -0.137. The number of halogens is 3. The maximum Gasteiger partial charge on any atom is 0.416 e. The molecule has 0 bridgehead atoms. The number of hydrogen-bond donors (Lipinski definition) is 2. The first kappa shape index (κ1) is 23.9. The topological polar surface area (TPSA) is 111 Å². The fourth-order valence-corrected chi connectivity index (χ4v) is 4.66. The number of aliphatic carboxylic acids is 1. The van der Waals surface area contributed by atoms with Gasteiger partial charge in [-0.05, 0) is 58.2 Å². The van der Waals surface area contributed by atoms with Crippen molar-refractivity contribution in [2.75, 3.05) is 11.2 Å². The first-order valence-electron chi connectivity index (χ1n) is 9.34. The number of alkyl halides is 3. The van der Waals surface area contributed by atoms with Crippen molar-refractivity contribution in [1.29, 1.82) is 5.26 Å². The summed E-state index contributed by atoms with van der Waals surface area (Å²) in [5, 5.41) is 21.6. The molecular weight excluding hydrogens is 459 g/mol. The first-order chi connectivity index (χ1) is 15.3. The molecule has 2 amide bonds. The number of anilines is 1. The molecule has 7 nitrogen and oxygen atoms in total. The van der Waals surface area contributed by atoms with E-state index in [1.54, 1.807) is 0 Å². The van der Waals surface area contributed by atoms with Gasteiger partial charge in [-0.25, -0.2) is 9.59 Å². The summed E-state index contributed by atoms with van der Waals surface area (Å²) in [4.78, 5) is 26.1. The highest BCUT2D eigenvalue weighted by molar-refractivity contribution is 7.99. The van der Waals surface area contributed by atoms with E-state index < -0.39 is 39.3 Å². The number of nitriles is 1. The van der Waals surface area contributed by atoms with Gasteiger partial charge in [-0.2, -0.15) is 18.4 Å². The molecule has 1 heterocycles. The summed E-state index contributed by atoms with van der Waals surface area (Å²) in [5.74, 6) is 2.17. The lowest BCUT2D eigenvalue weighted by atomic mass is 9.94. The summed E-state index contributed by atoms with van der Waals surface area (Å²) in [5.41, 5.74) is -1.30. The van der Waals surface area contributed by atoms with Crippen molar-refractivity contribution in [2.45, 2.75) is 24.0 Å². The van der Waals surface area contributed by atoms with E-state index >= 15 is 0 Å². The number of allylic oxidation sites excluding steroid dienone is 1. The third kappa shape index (κ3) is 4.56. The van der Waals surface area contributed by atoms with Crippen LogP contribution >= 0.6 is 0 Å². The third-order valence-corrected chi connectivity index (χ3v) is 6.35. The number of carbonyl (C=O) groups is 2. The predicted octanol–water partition coefficient (Wildman–Crippen LogP) is 3.91. The molecule has 0 saturated heterocycles. The second-order valence-electron chi connectivity index (χ2n) is 7.44. The molecule has 172 valence electrons. The molecule has 1 aliphatic rings. The van der Waals surface area contributed by atoms with Gasteiger partial charge < -0.3 is 10.4 Å². The van der Waals surface area contributed by atoms with Crippen LogP contribution in [0.4, 0.5) is 23.7 Å². The molecule has 0 radical (unpaired) electrons. The average Bonchev–Trinajstić information content (AvgIpc) is 2.71. The number of hydrogen-bond acceptors (Lipinski definition) is 4. The van der Waals surface area contributed by atoms with Crippen molar-refractivity contribution < 1.29 is 32.1 Å². The zero-order valence-electron chi connectivity index (χ0n) is 17.4.